The molecule has 4 rings (SSSR count). The Hall–Kier alpha value is -2.27. The van der Waals surface area contributed by atoms with Crippen molar-refractivity contribution < 1.29 is 13.9 Å². The molecule has 0 N–H and O–H groups in total. The number of para-hydroxylation sites is 1. The van der Waals surface area contributed by atoms with Gasteiger partial charge in [0.15, 0.2) is 5.76 Å². The summed E-state index contributed by atoms with van der Waals surface area (Å²) >= 11 is 0. The second-order valence-corrected chi connectivity index (χ2v) is 7.14. The van der Waals surface area contributed by atoms with Crippen molar-refractivity contribution in [2.75, 3.05) is 26.2 Å². The van der Waals surface area contributed by atoms with E-state index in [4.69, 9.17) is 9.15 Å². The van der Waals surface area contributed by atoms with E-state index in [1.54, 1.807) is 6.26 Å². The van der Waals surface area contributed by atoms with Gasteiger partial charge in [-0.2, -0.15) is 0 Å². The second kappa shape index (κ2) is 7.96. The number of hydrogen-bond donors (Lipinski definition) is 0. The molecule has 0 spiro atoms. The summed E-state index contributed by atoms with van der Waals surface area (Å²) in [6, 6.07) is 12.2. The van der Waals surface area contributed by atoms with Gasteiger partial charge in [-0.05, 0) is 31.0 Å². The number of carbonyl (C=O) groups excluding carboxylic acids is 1. The zero-order valence-electron chi connectivity index (χ0n) is 15.1. The van der Waals surface area contributed by atoms with E-state index in [0.717, 1.165) is 43.5 Å². The minimum atomic E-state index is -0.0206. The number of furan rings is 1. The van der Waals surface area contributed by atoms with Gasteiger partial charge in [-0.15, -0.1) is 0 Å². The molecule has 2 fully saturated rings. The molecule has 2 heterocycles. The molecule has 138 valence electrons. The Balaban J connectivity index is 1.34. The van der Waals surface area contributed by atoms with Crippen LogP contribution in [0, 0.1) is 0 Å². The van der Waals surface area contributed by atoms with Crippen molar-refractivity contribution >= 4 is 5.91 Å². The van der Waals surface area contributed by atoms with E-state index in [1.165, 1.54) is 25.7 Å². The predicted octanol–water partition coefficient (Wildman–Crippen LogP) is 3.56. The fourth-order valence-corrected chi connectivity index (χ4v) is 4.02. The van der Waals surface area contributed by atoms with Gasteiger partial charge in [0.2, 0.25) is 0 Å². The summed E-state index contributed by atoms with van der Waals surface area (Å²) in [6.07, 6.45) is 6.90. The Morgan fingerprint density at radius 2 is 1.77 bits per heavy atom. The average Bonchev–Trinajstić information content (AvgIpc) is 3.39. The van der Waals surface area contributed by atoms with Gasteiger partial charge in [0.25, 0.3) is 5.91 Å². The van der Waals surface area contributed by atoms with E-state index in [-0.39, 0.29) is 5.91 Å². The zero-order chi connectivity index (χ0) is 17.8. The van der Waals surface area contributed by atoms with Gasteiger partial charge in [-0.25, -0.2) is 0 Å². The fraction of sp³-hybridized carbons (Fsp3) is 0.476. The van der Waals surface area contributed by atoms with Crippen LogP contribution in [0.15, 0.2) is 47.1 Å². The zero-order valence-corrected chi connectivity index (χ0v) is 15.1. The average molecular weight is 354 g/mol. The Kier molecular flexibility index (Phi) is 5.25. The quantitative estimate of drug-likeness (QED) is 0.824. The van der Waals surface area contributed by atoms with Crippen molar-refractivity contribution in [3.63, 3.8) is 0 Å². The number of benzene rings is 1. The van der Waals surface area contributed by atoms with E-state index < -0.39 is 0 Å². The standard InChI is InChI=1S/C21H26N2O3/c24-21(23-13-11-22(12-14-23)18-6-4-5-7-18)20-17(10-15-25-20)16-26-19-8-2-1-3-9-19/h1-3,8-10,15,18H,4-7,11-14,16H2. The Morgan fingerprint density at radius 3 is 2.50 bits per heavy atom. The molecular formula is C21H26N2O3. The molecule has 0 atom stereocenters. The maximum absolute atomic E-state index is 12.9. The maximum atomic E-state index is 12.9. The summed E-state index contributed by atoms with van der Waals surface area (Å²) in [5, 5.41) is 0. The lowest BCUT2D eigenvalue weighted by Crippen LogP contribution is -2.51. The lowest BCUT2D eigenvalue weighted by atomic mass is 10.1. The van der Waals surface area contributed by atoms with Crippen molar-refractivity contribution in [1.29, 1.82) is 0 Å². The molecule has 0 bridgehead atoms. The molecule has 1 aromatic heterocycles. The molecule has 1 saturated heterocycles. The van der Waals surface area contributed by atoms with Crippen molar-refractivity contribution in [2.24, 2.45) is 0 Å². The lowest BCUT2D eigenvalue weighted by Gasteiger charge is -2.37. The van der Waals surface area contributed by atoms with Crippen molar-refractivity contribution in [3.05, 3.63) is 54.0 Å². The van der Waals surface area contributed by atoms with Crippen LogP contribution in [0.25, 0.3) is 0 Å². The molecule has 5 heteroatoms. The number of piperazine rings is 1. The predicted molar refractivity (Wildman–Crippen MR) is 99.2 cm³/mol. The Bertz CT molecular complexity index is 714. The van der Waals surface area contributed by atoms with E-state index in [0.29, 0.717) is 12.4 Å². The molecule has 0 radical (unpaired) electrons. The monoisotopic (exact) mass is 354 g/mol. The summed E-state index contributed by atoms with van der Waals surface area (Å²) < 4.78 is 11.3. The number of rotatable bonds is 5. The molecule has 1 amide bonds. The molecule has 1 aliphatic heterocycles. The summed E-state index contributed by atoms with van der Waals surface area (Å²) in [4.78, 5) is 17.3. The van der Waals surface area contributed by atoms with Crippen molar-refractivity contribution in [1.82, 2.24) is 9.80 Å². The molecule has 1 aliphatic carbocycles. The van der Waals surface area contributed by atoms with Gasteiger partial charge in [0, 0.05) is 37.8 Å². The lowest BCUT2D eigenvalue weighted by molar-refractivity contribution is 0.0541. The highest BCUT2D eigenvalue weighted by atomic mass is 16.5. The highest BCUT2D eigenvalue weighted by Gasteiger charge is 2.30. The fourth-order valence-electron chi connectivity index (χ4n) is 4.02. The van der Waals surface area contributed by atoms with Crippen LogP contribution in [-0.2, 0) is 6.61 Å². The van der Waals surface area contributed by atoms with Crippen LogP contribution in [0.4, 0.5) is 0 Å². The van der Waals surface area contributed by atoms with E-state index in [9.17, 15) is 4.79 Å². The molecule has 5 nitrogen and oxygen atoms in total. The first-order valence-electron chi connectivity index (χ1n) is 9.59. The number of nitrogens with zero attached hydrogens (tertiary/aromatic N) is 2. The normalized spacial score (nSPS) is 19.0. The number of carbonyl (C=O) groups is 1. The summed E-state index contributed by atoms with van der Waals surface area (Å²) in [6.45, 7) is 3.81. The van der Waals surface area contributed by atoms with Crippen LogP contribution in [0.3, 0.4) is 0 Å². The molecule has 26 heavy (non-hydrogen) atoms. The van der Waals surface area contributed by atoms with Crippen LogP contribution < -0.4 is 4.74 Å². The van der Waals surface area contributed by atoms with Crippen molar-refractivity contribution in [3.8, 4) is 5.75 Å². The third-order valence-electron chi connectivity index (χ3n) is 5.52. The van der Waals surface area contributed by atoms with Crippen molar-refractivity contribution in [2.45, 2.75) is 38.3 Å². The van der Waals surface area contributed by atoms with Crippen LogP contribution in [0.5, 0.6) is 5.75 Å². The molecule has 1 saturated carbocycles. The topological polar surface area (TPSA) is 45.9 Å². The van der Waals surface area contributed by atoms with Gasteiger partial charge in [-0.3, -0.25) is 9.69 Å². The summed E-state index contributed by atoms with van der Waals surface area (Å²) in [7, 11) is 0. The molecule has 2 aromatic rings. The molecule has 0 unspecified atom stereocenters. The molecule has 2 aliphatic rings. The largest absolute Gasteiger partial charge is 0.489 e. The van der Waals surface area contributed by atoms with E-state index in [1.807, 2.05) is 41.3 Å². The summed E-state index contributed by atoms with van der Waals surface area (Å²) in [5.74, 6) is 1.18. The van der Waals surface area contributed by atoms with E-state index >= 15 is 0 Å². The minimum Gasteiger partial charge on any atom is -0.489 e. The first kappa shape index (κ1) is 17.2. The SMILES string of the molecule is O=C(c1occc1COc1ccccc1)N1CCN(C2CCCC2)CC1. The molecule has 1 aromatic carbocycles. The third kappa shape index (κ3) is 3.78. The molecular weight excluding hydrogens is 328 g/mol. The first-order chi connectivity index (χ1) is 12.8. The highest BCUT2D eigenvalue weighted by molar-refractivity contribution is 5.93. The first-order valence-corrected chi connectivity index (χ1v) is 9.59. The number of hydrogen-bond acceptors (Lipinski definition) is 4. The van der Waals surface area contributed by atoms with E-state index in [2.05, 4.69) is 4.90 Å². The van der Waals surface area contributed by atoms with Crippen LogP contribution in [0.1, 0.15) is 41.8 Å². The van der Waals surface area contributed by atoms with Gasteiger partial charge in [-0.1, -0.05) is 31.0 Å². The minimum absolute atomic E-state index is 0.0206. The maximum Gasteiger partial charge on any atom is 0.290 e. The van der Waals surface area contributed by atoms with Crippen LogP contribution in [0.2, 0.25) is 0 Å². The van der Waals surface area contributed by atoms with Gasteiger partial charge in [0.05, 0.1) is 6.26 Å². The summed E-state index contributed by atoms with van der Waals surface area (Å²) in [5.41, 5.74) is 0.803. The second-order valence-electron chi connectivity index (χ2n) is 7.14. The Morgan fingerprint density at radius 1 is 1.04 bits per heavy atom. The Labute approximate surface area is 154 Å². The van der Waals surface area contributed by atoms with Crippen LogP contribution >= 0.6 is 0 Å². The number of ether oxygens (including phenoxy) is 1. The third-order valence-corrected chi connectivity index (χ3v) is 5.52. The smallest absolute Gasteiger partial charge is 0.290 e. The van der Waals surface area contributed by atoms with Gasteiger partial charge >= 0.3 is 0 Å². The highest BCUT2D eigenvalue weighted by Crippen LogP contribution is 2.25. The van der Waals surface area contributed by atoms with Gasteiger partial charge < -0.3 is 14.1 Å². The van der Waals surface area contributed by atoms with Gasteiger partial charge in [0.1, 0.15) is 12.4 Å². The van der Waals surface area contributed by atoms with Crippen LogP contribution in [-0.4, -0.2) is 47.9 Å². The number of amides is 1.